The van der Waals surface area contributed by atoms with E-state index in [1.165, 1.54) is 61.7 Å². The summed E-state index contributed by atoms with van der Waals surface area (Å²) in [5.41, 5.74) is 6.47. The lowest BCUT2D eigenvalue weighted by molar-refractivity contribution is -0.196. The fourth-order valence-electron chi connectivity index (χ4n) is 5.89. The standard InChI is InChI=1S/C26H32N4O10S2/c1-11(40-24(36)19-26(4,5)42(37,38)15-10-14(32)29(15)19)39-23(35)18-25(2,3)41-22-17(21(34)30(18)22)28-20(33)16(27)12-6-8-13(31)9-7-12/h6-9,11,15-19,22,31H,10,27H2,1-5H3,(H,28,33)/t11?,15-,16?,17?,18+,19+,22-/m1/s1. The molecule has 1 aromatic carbocycles. The minimum atomic E-state index is -3.83. The van der Waals surface area contributed by atoms with E-state index in [1.54, 1.807) is 13.8 Å². The lowest BCUT2D eigenvalue weighted by Gasteiger charge is -2.44. The molecule has 5 rings (SSSR count). The number of esters is 2. The third kappa shape index (κ3) is 4.41. The quantitative estimate of drug-likeness (QED) is 0.200. The van der Waals surface area contributed by atoms with Gasteiger partial charge in [0.2, 0.25) is 24.0 Å². The molecule has 4 fully saturated rings. The smallest absolute Gasteiger partial charge is 0.333 e. The maximum Gasteiger partial charge on any atom is 0.333 e. The molecule has 0 saturated carbocycles. The average Bonchev–Trinajstić information content (AvgIpc) is 3.22. The summed E-state index contributed by atoms with van der Waals surface area (Å²) in [6.07, 6.45) is -1.65. The van der Waals surface area contributed by atoms with Crippen molar-refractivity contribution in [2.75, 3.05) is 0 Å². The van der Waals surface area contributed by atoms with Crippen LogP contribution in [0.15, 0.2) is 24.3 Å². The molecule has 0 aliphatic carbocycles. The van der Waals surface area contributed by atoms with Crippen LogP contribution in [-0.2, 0) is 43.3 Å². The highest BCUT2D eigenvalue weighted by atomic mass is 32.2. The summed E-state index contributed by atoms with van der Waals surface area (Å²) >= 11 is 1.28. The van der Waals surface area contributed by atoms with E-state index in [1.807, 2.05) is 0 Å². The molecule has 1 aromatic rings. The number of aromatic hydroxyl groups is 1. The number of sulfone groups is 1. The molecule has 42 heavy (non-hydrogen) atoms. The summed E-state index contributed by atoms with van der Waals surface area (Å²) in [6.45, 7) is 7.43. The molecule has 0 aromatic heterocycles. The van der Waals surface area contributed by atoms with Gasteiger partial charge in [0.25, 0.3) is 0 Å². The number of phenolic OH excluding ortho intramolecular Hbond substituents is 1. The lowest BCUT2D eigenvalue weighted by Crippen LogP contribution is -2.71. The maximum absolute atomic E-state index is 13.3. The summed E-state index contributed by atoms with van der Waals surface area (Å²) in [5.74, 6) is -3.48. The first kappa shape index (κ1) is 30.1. The SMILES string of the molecule is CC(OC(=O)[C@@H]1N2C(=O)C(NC(=O)C(N)c3ccc(O)cc3)[C@H]2SC1(C)C)OC(=O)[C@@H]1N2C(=O)C[C@H]2S(=O)(=O)C1(C)C. The number of hydrogen-bond donors (Lipinski definition) is 3. The van der Waals surface area contributed by atoms with Gasteiger partial charge in [0.05, 0.1) is 11.2 Å². The van der Waals surface area contributed by atoms with E-state index in [0.717, 1.165) is 4.90 Å². The van der Waals surface area contributed by atoms with Crippen molar-refractivity contribution in [2.24, 2.45) is 5.73 Å². The molecule has 3 unspecified atom stereocenters. The summed E-state index contributed by atoms with van der Waals surface area (Å²) < 4.78 is 33.8. The van der Waals surface area contributed by atoms with Gasteiger partial charge in [0.1, 0.15) is 40.7 Å². The molecule has 228 valence electrons. The van der Waals surface area contributed by atoms with Crippen molar-refractivity contribution in [3.63, 3.8) is 0 Å². The number of rotatable bonds is 7. The van der Waals surface area contributed by atoms with Crippen LogP contribution < -0.4 is 11.1 Å². The Morgan fingerprint density at radius 1 is 1.05 bits per heavy atom. The lowest BCUT2D eigenvalue weighted by atomic mass is 9.95. The molecule has 4 aliphatic rings. The zero-order valence-electron chi connectivity index (χ0n) is 23.5. The Hall–Kier alpha value is -3.37. The van der Waals surface area contributed by atoms with Crippen molar-refractivity contribution in [1.82, 2.24) is 15.1 Å². The van der Waals surface area contributed by atoms with Gasteiger partial charge in [-0.2, -0.15) is 0 Å². The van der Waals surface area contributed by atoms with Gasteiger partial charge in [0, 0.05) is 11.7 Å². The number of nitrogens with one attached hydrogen (secondary N) is 1. The molecular formula is C26H32N4O10S2. The van der Waals surface area contributed by atoms with Gasteiger partial charge < -0.3 is 35.4 Å². The second-order valence-electron chi connectivity index (χ2n) is 11.8. The fraction of sp³-hybridized carbons (Fsp3) is 0.577. The molecule has 14 nitrogen and oxygen atoms in total. The van der Waals surface area contributed by atoms with Crippen LogP contribution in [0.4, 0.5) is 0 Å². The molecule has 4 saturated heterocycles. The number of phenols is 1. The number of thioether (sulfide) groups is 1. The van der Waals surface area contributed by atoms with Gasteiger partial charge in [-0.15, -0.1) is 11.8 Å². The van der Waals surface area contributed by atoms with E-state index in [4.69, 9.17) is 15.2 Å². The molecular weight excluding hydrogens is 592 g/mol. The second kappa shape index (κ2) is 9.84. The summed E-state index contributed by atoms with van der Waals surface area (Å²) in [4.78, 5) is 66.6. The van der Waals surface area contributed by atoms with Crippen molar-refractivity contribution in [3.8, 4) is 5.75 Å². The monoisotopic (exact) mass is 624 g/mol. The van der Waals surface area contributed by atoms with E-state index in [9.17, 15) is 37.5 Å². The first-order valence-electron chi connectivity index (χ1n) is 13.2. The third-order valence-corrected chi connectivity index (χ3v) is 12.6. The van der Waals surface area contributed by atoms with Crippen molar-refractivity contribution in [1.29, 1.82) is 0 Å². The zero-order chi connectivity index (χ0) is 31.1. The van der Waals surface area contributed by atoms with E-state index in [2.05, 4.69) is 5.32 Å². The number of hydrogen-bond acceptors (Lipinski definition) is 12. The zero-order valence-corrected chi connectivity index (χ0v) is 25.1. The molecule has 0 spiro atoms. The van der Waals surface area contributed by atoms with E-state index in [0.29, 0.717) is 5.56 Å². The van der Waals surface area contributed by atoms with Crippen LogP contribution in [0.25, 0.3) is 0 Å². The predicted molar refractivity (Wildman–Crippen MR) is 147 cm³/mol. The van der Waals surface area contributed by atoms with Crippen LogP contribution in [0, 0.1) is 0 Å². The Balaban J connectivity index is 1.22. The van der Waals surface area contributed by atoms with Crippen LogP contribution in [0.5, 0.6) is 5.75 Å². The Kier molecular flexibility index (Phi) is 7.05. The Morgan fingerprint density at radius 3 is 2.19 bits per heavy atom. The average molecular weight is 625 g/mol. The van der Waals surface area contributed by atoms with Gasteiger partial charge in [-0.05, 0) is 45.4 Å². The number of carbonyl (C=O) groups is 5. The number of carbonyl (C=O) groups excluding carboxylic acids is 5. The number of β-lactam (4-membered cyclic amide) rings is 2. The number of amides is 3. The summed E-state index contributed by atoms with van der Waals surface area (Å²) in [5, 5.41) is 10.4. The third-order valence-electron chi connectivity index (χ3n) is 8.26. The number of benzene rings is 1. The number of nitrogens with zero attached hydrogens (tertiary/aromatic N) is 2. The van der Waals surface area contributed by atoms with Crippen LogP contribution in [0.1, 0.15) is 52.6 Å². The molecule has 3 amide bonds. The van der Waals surface area contributed by atoms with E-state index in [-0.39, 0.29) is 12.2 Å². The molecule has 0 radical (unpaired) electrons. The molecule has 4 N–H and O–H groups in total. The predicted octanol–water partition coefficient (Wildman–Crippen LogP) is -0.494. The molecule has 4 aliphatic heterocycles. The molecule has 16 heteroatoms. The highest BCUT2D eigenvalue weighted by Crippen LogP contribution is 2.51. The number of fused-ring (bicyclic) bond motifs is 2. The molecule has 0 bridgehead atoms. The minimum absolute atomic E-state index is 0.0120. The van der Waals surface area contributed by atoms with E-state index < -0.39 is 90.2 Å². The van der Waals surface area contributed by atoms with Gasteiger partial charge in [-0.25, -0.2) is 18.0 Å². The largest absolute Gasteiger partial charge is 0.508 e. The molecule has 7 atom stereocenters. The highest BCUT2D eigenvalue weighted by molar-refractivity contribution is 8.01. The first-order valence-corrected chi connectivity index (χ1v) is 15.6. The van der Waals surface area contributed by atoms with E-state index >= 15 is 0 Å². The van der Waals surface area contributed by atoms with Gasteiger partial charge >= 0.3 is 11.9 Å². The Morgan fingerprint density at radius 2 is 1.62 bits per heavy atom. The molecule has 4 heterocycles. The summed E-state index contributed by atoms with van der Waals surface area (Å²) in [7, 11) is -3.83. The second-order valence-corrected chi connectivity index (χ2v) is 16.2. The highest BCUT2D eigenvalue weighted by Gasteiger charge is 2.68. The van der Waals surface area contributed by atoms with Gasteiger partial charge in [-0.1, -0.05) is 12.1 Å². The van der Waals surface area contributed by atoms with Crippen LogP contribution in [0.3, 0.4) is 0 Å². The van der Waals surface area contributed by atoms with Crippen molar-refractivity contribution in [2.45, 2.75) is 91.7 Å². The van der Waals surface area contributed by atoms with Crippen LogP contribution in [-0.4, -0.2) is 97.6 Å². The van der Waals surface area contributed by atoms with Crippen molar-refractivity contribution in [3.05, 3.63) is 29.8 Å². The van der Waals surface area contributed by atoms with Crippen LogP contribution >= 0.6 is 11.8 Å². The van der Waals surface area contributed by atoms with Crippen LogP contribution in [0.2, 0.25) is 0 Å². The maximum atomic E-state index is 13.3. The van der Waals surface area contributed by atoms with Gasteiger partial charge in [-0.3, -0.25) is 14.4 Å². The number of ether oxygens (including phenoxy) is 2. The Bertz CT molecular complexity index is 1480. The van der Waals surface area contributed by atoms with Crippen molar-refractivity contribution >= 4 is 51.3 Å². The topological polar surface area (TPSA) is 203 Å². The Labute approximate surface area is 246 Å². The van der Waals surface area contributed by atoms with Gasteiger partial charge in [0.15, 0.2) is 9.84 Å². The summed E-state index contributed by atoms with van der Waals surface area (Å²) in [6, 6.07) is 1.26. The fourth-order valence-corrected chi connectivity index (χ4v) is 9.64. The number of nitrogens with two attached hydrogens (primary N) is 1. The minimum Gasteiger partial charge on any atom is -0.508 e. The van der Waals surface area contributed by atoms with Crippen molar-refractivity contribution < 1.29 is 47.0 Å². The first-order chi connectivity index (χ1) is 19.4. The normalized spacial score (nSPS) is 31.1.